The van der Waals surface area contributed by atoms with Crippen LogP contribution < -0.4 is 0 Å². The first kappa shape index (κ1) is 23.6. The highest BCUT2D eigenvalue weighted by Crippen LogP contribution is 2.77. The van der Waals surface area contributed by atoms with Gasteiger partial charge in [0, 0.05) is 25.0 Å². The quantitative estimate of drug-likeness (QED) is 0.460. The van der Waals surface area contributed by atoms with Gasteiger partial charge in [0.2, 0.25) is 0 Å². The predicted molar refractivity (Wildman–Crippen MR) is 129 cm³/mol. The molecule has 36 heavy (non-hydrogen) atoms. The van der Waals surface area contributed by atoms with Crippen molar-refractivity contribution in [3.63, 3.8) is 0 Å². The predicted octanol–water partition coefficient (Wildman–Crippen LogP) is 3.49. The summed E-state index contributed by atoms with van der Waals surface area (Å²) < 4.78 is 25.7. The summed E-state index contributed by atoms with van der Waals surface area (Å²) in [5.74, 6) is -1.19. The van der Waals surface area contributed by atoms with E-state index in [1.54, 1.807) is 20.1 Å². The molecule has 3 saturated carbocycles. The largest absolute Gasteiger partial charge is 0.452 e. The van der Waals surface area contributed by atoms with Crippen molar-refractivity contribution in [1.82, 2.24) is 0 Å². The Labute approximate surface area is 212 Å². The standard InChI is InChI=1S/C29H38O7/c1-14-15(2)24(31)34-22(14)23-16(3)27(32)11-9-18-17-12-21-28(35-21)10-7-8-20(30)25(28,4)19(17)13-29(33-6,36-23)26(18,27)5/h7-8,16-19,21-23,32H,9-13H2,1-6H3/t16-,17+,18+,19+,21-,22-,23-,25+,26+,27-,28-,29+/m1/s1. The number of epoxide rings is 1. The van der Waals surface area contributed by atoms with Gasteiger partial charge >= 0.3 is 5.97 Å². The fourth-order valence-electron chi connectivity index (χ4n) is 10.3. The third kappa shape index (κ3) is 2.21. The lowest BCUT2D eigenvalue weighted by Gasteiger charge is -2.69. The number of carbonyl (C=O) groups is 2. The number of rotatable bonds is 2. The van der Waals surface area contributed by atoms with Crippen LogP contribution in [0.15, 0.2) is 23.3 Å². The van der Waals surface area contributed by atoms with Crippen LogP contribution in [-0.2, 0) is 28.5 Å². The van der Waals surface area contributed by atoms with Crippen LogP contribution in [0.5, 0.6) is 0 Å². The molecule has 12 atom stereocenters. The van der Waals surface area contributed by atoms with E-state index < -0.39 is 40.0 Å². The number of methoxy groups -OCH3 is 1. The molecule has 1 N–H and O–H groups in total. The maximum absolute atomic E-state index is 13.6. The molecule has 0 radical (unpaired) electrons. The van der Waals surface area contributed by atoms with Crippen LogP contribution in [0.4, 0.5) is 0 Å². The van der Waals surface area contributed by atoms with Gasteiger partial charge in [0.05, 0.1) is 22.5 Å². The van der Waals surface area contributed by atoms with Gasteiger partial charge in [0.15, 0.2) is 17.7 Å². The van der Waals surface area contributed by atoms with Gasteiger partial charge in [-0.25, -0.2) is 4.79 Å². The van der Waals surface area contributed by atoms with E-state index in [-0.39, 0.29) is 41.5 Å². The minimum absolute atomic E-state index is 0.00707. The van der Waals surface area contributed by atoms with Gasteiger partial charge in [-0.05, 0) is 75.9 Å². The summed E-state index contributed by atoms with van der Waals surface area (Å²) in [5.41, 5.74) is -1.35. The van der Waals surface area contributed by atoms with E-state index in [2.05, 4.69) is 13.8 Å². The van der Waals surface area contributed by atoms with Crippen LogP contribution in [0.1, 0.15) is 66.7 Å². The zero-order valence-corrected chi connectivity index (χ0v) is 22.1. The Balaban J connectivity index is 1.37. The molecule has 7 heteroatoms. The van der Waals surface area contributed by atoms with Crippen LogP contribution in [-0.4, -0.2) is 59.3 Å². The fourth-order valence-corrected chi connectivity index (χ4v) is 10.3. The number of hydrogen-bond donors (Lipinski definition) is 1. The number of carbonyl (C=O) groups excluding carboxylic acids is 2. The first-order valence-corrected chi connectivity index (χ1v) is 13.6. The molecule has 0 aromatic carbocycles. The lowest BCUT2D eigenvalue weighted by atomic mass is 9.42. The lowest BCUT2D eigenvalue weighted by molar-refractivity contribution is -0.420. The molecule has 1 spiro atoms. The first-order valence-electron chi connectivity index (χ1n) is 13.6. The Hall–Kier alpha value is -1.54. The van der Waals surface area contributed by atoms with Crippen LogP contribution >= 0.6 is 0 Å². The van der Waals surface area contributed by atoms with Crippen molar-refractivity contribution in [3.8, 4) is 0 Å². The molecule has 7 aliphatic rings. The maximum atomic E-state index is 13.6. The Morgan fingerprint density at radius 3 is 2.56 bits per heavy atom. The number of allylic oxidation sites excluding steroid dienone is 1. The number of fused-ring (bicyclic) bond motifs is 3. The van der Waals surface area contributed by atoms with Crippen molar-refractivity contribution in [2.45, 2.75) is 102 Å². The summed E-state index contributed by atoms with van der Waals surface area (Å²) in [7, 11) is 1.67. The summed E-state index contributed by atoms with van der Waals surface area (Å²) in [6, 6.07) is 0. The number of ketones is 1. The minimum Gasteiger partial charge on any atom is -0.452 e. The van der Waals surface area contributed by atoms with E-state index in [4.69, 9.17) is 18.9 Å². The van der Waals surface area contributed by atoms with Crippen LogP contribution in [0.3, 0.4) is 0 Å². The van der Waals surface area contributed by atoms with E-state index >= 15 is 0 Å². The number of hydrogen-bond acceptors (Lipinski definition) is 7. The highest BCUT2D eigenvalue weighted by Gasteiger charge is 2.84. The van der Waals surface area contributed by atoms with Crippen LogP contribution in [0, 0.1) is 34.5 Å². The SMILES string of the molecule is CO[C@@]12C[C@H]3[C@@H](C[C@H]4O[C@]45CC=CC(=O)[C@]35C)[C@@H]3CC[C@@](O)([C@H](C)[C@H]([C@@H]4OC(=O)C(C)=C4C)O1)[C@]32C. The lowest BCUT2D eigenvalue weighted by Crippen LogP contribution is -2.77. The van der Waals surface area contributed by atoms with Crippen molar-refractivity contribution in [1.29, 1.82) is 0 Å². The van der Waals surface area contributed by atoms with Crippen molar-refractivity contribution in [3.05, 3.63) is 23.3 Å². The average Bonchev–Trinajstić information content (AvgIpc) is 3.40. The molecule has 0 aromatic heterocycles. The fraction of sp³-hybridized carbons (Fsp3) is 0.793. The van der Waals surface area contributed by atoms with Gasteiger partial charge in [0.1, 0.15) is 11.7 Å². The minimum atomic E-state index is -1.11. The Morgan fingerprint density at radius 2 is 1.89 bits per heavy atom. The average molecular weight is 499 g/mol. The second-order valence-electron chi connectivity index (χ2n) is 13.1. The molecule has 0 amide bonds. The van der Waals surface area contributed by atoms with Crippen molar-refractivity contribution >= 4 is 11.8 Å². The van der Waals surface area contributed by atoms with Gasteiger partial charge in [-0.15, -0.1) is 0 Å². The normalized spacial score (nSPS) is 58.7. The molecule has 0 aromatic rings. The Kier molecular flexibility index (Phi) is 4.40. The van der Waals surface area contributed by atoms with Gasteiger partial charge in [-0.2, -0.15) is 0 Å². The van der Waals surface area contributed by atoms with Gasteiger partial charge < -0.3 is 24.1 Å². The first-order chi connectivity index (χ1) is 16.9. The van der Waals surface area contributed by atoms with Crippen molar-refractivity contribution in [2.24, 2.45) is 34.5 Å². The molecule has 4 aliphatic carbocycles. The molecule has 0 unspecified atom stereocenters. The van der Waals surface area contributed by atoms with Crippen molar-refractivity contribution in [2.75, 3.05) is 7.11 Å². The summed E-state index contributed by atoms with van der Waals surface area (Å²) in [5, 5.41) is 12.6. The molecule has 3 heterocycles. The van der Waals surface area contributed by atoms with E-state index in [0.29, 0.717) is 18.4 Å². The van der Waals surface area contributed by atoms with E-state index in [0.717, 1.165) is 24.8 Å². The summed E-state index contributed by atoms with van der Waals surface area (Å²) in [6.07, 6.45) is 6.35. The van der Waals surface area contributed by atoms with Gasteiger partial charge in [0.25, 0.3) is 0 Å². The highest BCUT2D eigenvalue weighted by atomic mass is 16.7. The Bertz CT molecular complexity index is 1140. The third-order valence-corrected chi connectivity index (χ3v) is 12.7. The monoisotopic (exact) mass is 498 g/mol. The molecule has 7 nitrogen and oxygen atoms in total. The molecule has 7 rings (SSSR count). The zero-order chi connectivity index (χ0) is 25.6. The Morgan fingerprint density at radius 1 is 1.14 bits per heavy atom. The van der Waals surface area contributed by atoms with Crippen LogP contribution in [0.25, 0.3) is 0 Å². The second kappa shape index (κ2) is 6.71. The zero-order valence-electron chi connectivity index (χ0n) is 22.1. The van der Waals surface area contributed by atoms with Crippen molar-refractivity contribution < 1.29 is 33.6 Å². The molecular formula is C29H38O7. The number of cyclic esters (lactones) is 1. The summed E-state index contributed by atoms with van der Waals surface area (Å²) in [4.78, 5) is 26.1. The summed E-state index contributed by atoms with van der Waals surface area (Å²) in [6.45, 7) is 9.97. The molecule has 2 saturated heterocycles. The van der Waals surface area contributed by atoms with E-state index in [1.807, 2.05) is 19.9 Å². The third-order valence-electron chi connectivity index (χ3n) is 12.7. The highest BCUT2D eigenvalue weighted by molar-refractivity contribution is 5.97. The number of aliphatic hydroxyl groups is 1. The van der Waals surface area contributed by atoms with Crippen LogP contribution in [0.2, 0.25) is 0 Å². The van der Waals surface area contributed by atoms with E-state index in [1.165, 1.54) is 0 Å². The topological polar surface area (TPSA) is 94.6 Å². The smallest absolute Gasteiger partial charge is 0.334 e. The maximum Gasteiger partial charge on any atom is 0.334 e. The van der Waals surface area contributed by atoms with E-state index in [9.17, 15) is 14.7 Å². The van der Waals surface area contributed by atoms with Gasteiger partial charge in [-0.1, -0.05) is 19.9 Å². The second-order valence-corrected chi connectivity index (χ2v) is 13.1. The van der Waals surface area contributed by atoms with Gasteiger partial charge in [-0.3, -0.25) is 4.79 Å². The number of ether oxygens (including phenoxy) is 4. The molecule has 196 valence electrons. The molecule has 3 aliphatic heterocycles. The molecular weight excluding hydrogens is 460 g/mol. The summed E-state index contributed by atoms with van der Waals surface area (Å²) >= 11 is 0. The molecule has 0 bridgehead atoms. The molecule has 5 fully saturated rings. The number of esters is 1.